The average Bonchev–Trinajstić information content (AvgIpc) is 2.91. The van der Waals surface area contributed by atoms with Crippen LogP contribution in [0.15, 0.2) is 23.7 Å². The van der Waals surface area contributed by atoms with E-state index in [9.17, 15) is 4.79 Å². The first kappa shape index (κ1) is 17.2. The van der Waals surface area contributed by atoms with Crippen molar-refractivity contribution in [3.63, 3.8) is 0 Å². The number of fused-ring (bicyclic) bond motifs is 1. The van der Waals surface area contributed by atoms with Crippen LogP contribution in [0.3, 0.4) is 0 Å². The number of thiazole rings is 1. The molecule has 0 unspecified atom stereocenters. The molecule has 0 spiro atoms. The molecule has 128 valence electrons. The molecule has 4 nitrogen and oxygen atoms in total. The van der Waals surface area contributed by atoms with Crippen LogP contribution >= 0.6 is 22.9 Å². The van der Waals surface area contributed by atoms with Crippen LogP contribution in [0.2, 0.25) is 5.02 Å². The number of ether oxygens (including phenoxy) is 1. The molecule has 0 saturated carbocycles. The summed E-state index contributed by atoms with van der Waals surface area (Å²) < 4.78 is 5.51. The molecule has 0 N–H and O–H groups in total. The quantitative estimate of drug-likeness (QED) is 0.730. The highest BCUT2D eigenvalue weighted by Crippen LogP contribution is 2.36. The Morgan fingerprint density at radius 3 is 2.71 bits per heavy atom. The highest BCUT2D eigenvalue weighted by Gasteiger charge is 2.26. The van der Waals surface area contributed by atoms with Crippen molar-refractivity contribution >= 4 is 29.0 Å². The lowest BCUT2D eigenvalue weighted by molar-refractivity contribution is 0.0258. The Hall–Kier alpha value is -1.59. The maximum atomic E-state index is 12.4. The predicted octanol–water partition coefficient (Wildman–Crippen LogP) is 4.80. The van der Waals surface area contributed by atoms with Gasteiger partial charge < -0.3 is 9.64 Å². The third-order valence-corrected chi connectivity index (χ3v) is 5.05. The third-order valence-electron chi connectivity index (χ3n) is 3.94. The monoisotopic (exact) mass is 364 g/mol. The largest absolute Gasteiger partial charge is 0.444 e. The summed E-state index contributed by atoms with van der Waals surface area (Å²) in [6, 6.07) is 3.99. The summed E-state index contributed by atoms with van der Waals surface area (Å²) in [5.74, 6) is 0. The maximum absolute atomic E-state index is 12.4. The van der Waals surface area contributed by atoms with E-state index in [2.05, 4.69) is 11.1 Å². The van der Waals surface area contributed by atoms with E-state index in [4.69, 9.17) is 16.3 Å². The zero-order chi connectivity index (χ0) is 17.3. The average molecular weight is 365 g/mol. The second-order valence-electron chi connectivity index (χ2n) is 6.86. The minimum Gasteiger partial charge on any atom is -0.444 e. The first-order chi connectivity index (χ1) is 11.3. The van der Waals surface area contributed by atoms with Crippen molar-refractivity contribution in [1.82, 2.24) is 9.88 Å². The summed E-state index contributed by atoms with van der Waals surface area (Å²) in [6.45, 7) is 6.94. The van der Waals surface area contributed by atoms with Crippen LogP contribution in [0.5, 0.6) is 0 Å². The topological polar surface area (TPSA) is 42.4 Å². The van der Waals surface area contributed by atoms with Crippen molar-refractivity contribution in [1.29, 1.82) is 0 Å². The van der Waals surface area contributed by atoms with Crippen molar-refractivity contribution in [2.45, 2.75) is 39.2 Å². The van der Waals surface area contributed by atoms with Gasteiger partial charge in [0.25, 0.3) is 0 Å². The van der Waals surface area contributed by atoms with Gasteiger partial charge in [-0.25, -0.2) is 9.78 Å². The highest BCUT2D eigenvalue weighted by molar-refractivity contribution is 7.13. The van der Waals surface area contributed by atoms with E-state index in [1.54, 1.807) is 22.4 Å². The van der Waals surface area contributed by atoms with Gasteiger partial charge in [-0.2, -0.15) is 0 Å². The van der Waals surface area contributed by atoms with Gasteiger partial charge in [-0.05, 0) is 50.8 Å². The molecule has 1 aromatic carbocycles. The first-order valence-corrected chi connectivity index (χ1v) is 9.29. The zero-order valence-corrected chi connectivity index (χ0v) is 15.7. The Labute approximate surface area is 151 Å². The van der Waals surface area contributed by atoms with Crippen molar-refractivity contribution < 1.29 is 9.53 Å². The molecule has 0 radical (unpaired) electrons. The van der Waals surface area contributed by atoms with Gasteiger partial charge in [-0.1, -0.05) is 17.7 Å². The van der Waals surface area contributed by atoms with Crippen LogP contribution in [0.4, 0.5) is 4.79 Å². The number of hydrogen-bond acceptors (Lipinski definition) is 4. The number of halogens is 1. The summed E-state index contributed by atoms with van der Waals surface area (Å²) in [5, 5.41) is 3.60. The summed E-state index contributed by atoms with van der Waals surface area (Å²) in [6.07, 6.45) is 3.09. The molecule has 24 heavy (non-hydrogen) atoms. The minimum absolute atomic E-state index is 0.253. The van der Waals surface area contributed by atoms with Gasteiger partial charge in [-0.3, -0.25) is 0 Å². The van der Waals surface area contributed by atoms with Crippen molar-refractivity contribution in [3.8, 4) is 10.6 Å². The maximum Gasteiger partial charge on any atom is 0.410 e. The zero-order valence-electron chi connectivity index (χ0n) is 14.1. The Kier molecular flexibility index (Phi) is 4.83. The second kappa shape index (κ2) is 6.73. The first-order valence-electron chi connectivity index (χ1n) is 8.03. The molecular weight excluding hydrogens is 344 g/mol. The summed E-state index contributed by atoms with van der Waals surface area (Å²) in [7, 11) is 0. The van der Waals surface area contributed by atoms with Crippen LogP contribution in [-0.4, -0.2) is 34.7 Å². The van der Waals surface area contributed by atoms with E-state index in [1.165, 1.54) is 11.1 Å². The fourth-order valence-electron chi connectivity index (χ4n) is 2.88. The Balaban J connectivity index is 1.86. The molecule has 3 rings (SSSR count). The summed E-state index contributed by atoms with van der Waals surface area (Å²) in [4.78, 5) is 18.6. The number of carbonyl (C=O) groups excluding carboxylic acids is 1. The number of rotatable bonds is 1. The van der Waals surface area contributed by atoms with Crippen LogP contribution in [0, 0.1) is 0 Å². The van der Waals surface area contributed by atoms with Crippen LogP contribution < -0.4 is 0 Å². The van der Waals surface area contributed by atoms with E-state index >= 15 is 0 Å². The van der Waals surface area contributed by atoms with Crippen LogP contribution in [0.1, 0.15) is 31.9 Å². The number of hydrogen-bond donors (Lipinski definition) is 0. The lowest BCUT2D eigenvalue weighted by atomic mass is 9.97. The normalized spacial score (nSPS) is 14.9. The molecule has 0 aliphatic carbocycles. The fourth-order valence-corrected chi connectivity index (χ4v) is 3.93. The number of nitrogens with zero attached hydrogens (tertiary/aromatic N) is 2. The van der Waals surface area contributed by atoms with E-state index in [-0.39, 0.29) is 6.09 Å². The number of aromatic nitrogens is 1. The van der Waals surface area contributed by atoms with Crippen molar-refractivity contribution in [3.05, 3.63) is 39.9 Å². The Morgan fingerprint density at radius 1 is 1.29 bits per heavy atom. The van der Waals surface area contributed by atoms with Gasteiger partial charge in [0.1, 0.15) is 10.6 Å². The summed E-state index contributed by atoms with van der Waals surface area (Å²) >= 11 is 8.04. The molecule has 0 bridgehead atoms. The molecule has 0 atom stereocenters. The molecule has 1 aromatic heterocycles. The molecule has 0 fully saturated rings. The van der Waals surface area contributed by atoms with Gasteiger partial charge in [0.15, 0.2) is 0 Å². The van der Waals surface area contributed by atoms with Gasteiger partial charge in [-0.15, -0.1) is 11.3 Å². The molecule has 1 aliphatic heterocycles. The van der Waals surface area contributed by atoms with E-state index in [1.807, 2.05) is 32.2 Å². The van der Waals surface area contributed by atoms with Gasteiger partial charge >= 0.3 is 6.09 Å². The second-order valence-corrected chi connectivity index (χ2v) is 8.17. The molecular formula is C18H21ClN2O2S. The van der Waals surface area contributed by atoms with E-state index in [0.717, 1.165) is 28.4 Å². The lowest BCUT2D eigenvalue weighted by Crippen LogP contribution is -2.38. The van der Waals surface area contributed by atoms with Crippen LogP contribution in [-0.2, 0) is 17.6 Å². The van der Waals surface area contributed by atoms with Crippen molar-refractivity contribution in [2.24, 2.45) is 0 Å². The molecule has 6 heteroatoms. The van der Waals surface area contributed by atoms with Crippen LogP contribution in [0.25, 0.3) is 10.6 Å². The molecule has 2 heterocycles. The van der Waals surface area contributed by atoms with Gasteiger partial charge in [0.05, 0.1) is 5.02 Å². The van der Waals surface area contributed by atoms with Gasteiger partial charge in [0.2, 0.25) is 0 Å². The Bertz CT molecular complexity index is 738. The minimum atomic E-state index is -0.481. The molecule has 2 aromatic rings. The summed E-state index contributed by atoms with van der Waals surface area (Å²) in [5.41, 5.74) is 2.96. The number of benzene rings is 1. The lowest BCUT2D eigenvalue weighted by Gasteiger charge is -2.26. The SMILES string of the molecule is CC(C)(C)OC(=O)N1CCc2ccc(Cl)c(-c3nccs3)c2CC1. The van der Waals surface area contributed by atoms with E-state index < -0.39 is 5.60 Å². The third kappa shape index (κ3) is 3.73. The van der Waals surface area contributed by atoms with E-state index in [0.29, 0.717) is 13.1 Å². The molecule has 1 amide bonds. The van der Waals surface area contributed by atoms with Gasteiger partial charge in [0, 0.05) is 30.2 Å². The fraction of sp³-hybridized carbons (Fsp3) is 0.444. The molecule has 1 aliphatic rings. The van der Waals surface area contributed by atoms with Crippen molar-refractivity contribution in [2.75, 3.05) is 13.1 Å². The number of amides is 1. The highest BCUT2D eigenvalue weighted by atomic mass is 35.5. The number of carbonyl (C=O) groups is 1. The standard InChI is InChI=1S/C18H21ClN2O2S/c1-18(2,3)23-17(22)21-9-6-12-4-5-14(19)15(13(12)7-10-21)16-20-8-11-24-16/h4-5,8,11H,6-7,9-10H2,1-3H3. The smallest absolute Gasteiger partial charge is 0.410 e. The molecule has 0 saturated heterocycles. The predicted molar refractivity (Wildman–Crippen MR) is 97.8 cm³/mol. The Morgan fingerprint density at radius 2 is 2.04 bits per heavy atom.